The van der Waals surface area contributed by atoms with Crippen LogP contribution >= 0.6 is 0 Å². The lowest BCUT2D eigenvalue weighted by molar-refractivity contribution is -0.139. The van der Waals surface area contributed by atoms with Crippen molar-refractivity contribution in [3.63, 3.8) is 0 Å². The van der Waals surface area contributed by atoms with Crippen molar-refractivity contribution >= 4 is 5.97 Å². The van der Waals surface area contributed by atoms with Crippen LogP contribution in [0.1, 0.15) is 13.3 Å². The van der Waals surface area contributed by atoms with E-state index in [0.717, 1.165) is 12.5 Å². The maximum atomic E-state index is 10.4. The Labute approximate surface area is 60.2 Å². The van der Waals surface area contributed by atoms with E-state index >= 15 is 0 Å². The molecule has 0 aliphatic heterocycles. The third-order valence-corrected chi connectivity index (χ3v) is 1.12. The van der Waals surface area contributed by atoms with Crippen molar-refractivity contribution < 1.29 is 9.53 Å². The number of ether oxygens (including phenoxy) is 1. The SMILES string of the molecule is CC(=O)O[C]1C=CC=CC1. The van der Waals surface area contributed by atoms with Gasteiger partial charge >= 0.3 is 5.97 Å². The maximum Gasteiger partial charge on any atom is 0.303 e. The Morgan fingerprint density at radius 3 is 2.90 bits per heavy atom. The average Bonchev–Trinajstić information content (AvgIpc) is 1.88. The molecular weight excluding hydrogens is 128 g/mol. The van der Waals surface area contributed by atoms with E-state index in [1.807, 2.05) is 18.2 Å². The van der Waals surface area contributed by atoms with Gasteiger partial charge in [-0.2, -0.15) is 0 Å². The first-order valence-electron chi connectivity index (χ1n) is 3.16. The van der Waals surface area contributed by atoms with Gasteiger partial charge in [0.1, 0.15) is 0 Å². The zero-order valence-electron chi connectivity index (χ0n) is 5.83. The van der Waals surface area contributed by atoms with Crippen molar-refractivity contribution in [3.05, 3.63) is 30.4 Å². The molecule has 1 radical (unpaired) electrons. The van der Waals surface area contributed by atoms with E-state index in [1.165, 1.54) is 6.92 Å². The molecular formula is C8H9O2. The minimum atomic E-state index is -0.255. The topological polar surface area (TPSA) is 26.3 Å². The molecule has 0 aromatic carbocycles. The largest absolute Gasteiger partial charge is 0.450 e. The predicted molar refractivity (Wildman–Crippen MR) is 37.9 cm³/mol. The van der Waals surface area contributed by atoms with E-state index in [0.29, 0.717) is 0 Å². The zero-order valence-corrected chi connectivity index (χ0v) is 5.83. The normalized spacial score (nSPS) is 17.3. The third-order valence-electron chi connectivity index (χ3n) is 1.12. The maximum absolute atomic E-state index is 10.4. The highest BCUT2D eigenvalue weighted by Crippen LogP contribution is 2.14. The third kappa shape index (κ3) is 2.05. The summed E-state index contributed by atoms with van der Waals surface area (Å²) in [6, 6.07) is 0. The Morgan fingerprint density at radius 2 is 2.40 bits per heavy atom. The number of carbonyl (C=O) groups excluding carboxylic acids is 1. The molecule has 0 atom stereocenters. The van der Waals surface area contributed by atoms with Crippen LogP contribution in [0.3, 0.4) is 0 Å². The van der Waals surface area contributed by atoms with Gasteiger partial charge in [-0.1, -0.05) is 18.2 Å². The van der Waals surface area contributed by atoms with Crippen LogP contribution in [0.25, 0.3) is 0 Å². The molecule has 0 saturated carbocycles. The smallest absolute Gasteiger partial charge is 0.303 e. The Bertz CT molecular complexity index is 180. The molecule has 10 heavy (non-hydrogen) atoms. The standard InChI is InChI=1S/C8H9O2/c1-7(9)10-8-5-3-2-4-6-8/h2-5H,6H2,1H3. The number of hydrogen-bond donors (Lipinski definition) is 0. The number of allylic oxidation sites excluding steroid dienone is 2. The van der Waals surface area contributed by atoms with Crippen molar-refractivity contribution in [1.29, 1.82) is 0 Å². The Balaban J connectivity index is 2.37. The minimum absolute atomic E-state index is 0.255. The van der Waals surface area contributed by atoms with E-state index in [2.05, 4.69) is 0 Å². The molecule has 53 valence electrons. The van der Waals surface area contributed by atoms with Crippen LogP contribution in [-0.2, 0) is 9.53 Å². The molecule has 0 bridgehead atoms. The molecule has 1 aliphatic carbocycles. The van der Waals surface area contributed by atoms with E-state index in [-0.39, 0.29) is 5.97 Å². The molecule has 0 fully saturated rings. The second-order valence-electron chi connectivity index (χ2n) is 2.05. The second-order valence-corrected chi connectivity index (χ2v) is 2.05. The predicted octanol–water partition coefficient (Wildman–Crippen LogP) is 1.60. The second kappa shape index (κ2) is 3.20. The summed E-state index contributed by atoms with van der Waals surface area (Å²) >= 11 is 0. The fourth-order valence-corrected chi connectivity index (χ4v) is 0.754. The highest BCUT2D eigenvalue weighted by Gasteiger charge is 2.08. The van der Waals surface area contributed by atoms with Gasteiger partial charge in [-0.15, -0.1) is 0 Å². The number of rotatable bonds is 1. The summed E-state index contributed by atoms with van der Waals surface area (Å²) < 4.78 is 4.83. The van der Waals surface area contributed by atoms with Crippen LogP contribution in [0.15, 0.2) is 24.3 Å². The molecule has 1 aliphatic rings. The summed E-state index contributed by atoms with van der Waals surface area (Å²) in [6.07, 6.45) is 8.94. The van der Waals surface area contributed by atoms with E-state index in [1.54, 1.807) is 6.08 Å². The van der Waals surface area contributed by atoms with Crippen LogP contribution in [0.2, 0.25) is 0 Å². The lowest BCUT2D eigenvalue weighted by atomic mass is 10.1. The van der Waals surface area contributed by atoms with Crippen molar-refractivity contribution in [2.45, 2.75) is 13.3 Å². The van der Waals surface area contributed by atoms with Crippen molar-refractivity contribution in [1.82, 2.24) is 0 Å². The molecule has 0 heterocycles. The Hall–Kier alpha value is -1.05. The molecule has 0 amide bonds. The van der Waals surface area contributed by atoms with Crippen molar-refractivity contribution in [2.75, 3.05) is 0 Å². The molecule has 0 aromatic rings. The first kappa shape index (κ1) is 7.06. The average molecular weight is 137 g/mol. The van der Waals surface area contributed by atoms with Gasteiger partial charge in [-0.3, -0.25) is 4.79 Å². The highest BCUT2D eigenvalue weighted by atomic mass is 16.5. The summed E-state index contributed by atoms with van der Waals surface area (Å²) in [5, 5.41) is 0. The van der Waals surface area contributed by atoms with E-state index < -0.39 is 0 Å². The highest BCUT2D eigenvalue weighted by molar-refractivity contribution is 5.67. The number of hydrogen-bond acceptors (Lipinski definition) is 2. The van der Waals surface area contributed by atoms with Gasteiger partial charge in [0.05, 0.1) is 0 Å². The van der Waals surface area contributed by atoms with Crippen molar-refractivity contribution in [2.24, 2.45) is 0 Å². The fraction of sp³-hybridized carbons (Fsp3) is 0.250. The fourth-order valence-electron chi connectivity index (χ4n) is 0.754. The van der Waals surface area contributed by atoms with Gasteiger partial charge in [0.2, 0.25) is 0 Å². The summed E-state index contributed by atoms with van der Waals surface area (Å²) in [5.74, 6) is -0.255. The summed E-state index contributed by atoms with van der Waals surface area (Å²) in [7, 11) is 0. The zero-order chi connectivity index (χ0) is 7.40. The summed E-state index contributed by atoms with van der Waals surface area (Å²) in [4.78, 5) is 10.4. The first-order valence-corrected chi connectivity index (χ1v) is 3.16. The van der Waals surface area contributed by atoms with Gasteiger partial charge in [0, 0.05) is 13.3 Å². The molecule has 1 rings (SSSR count). The van der Waals surface area contributed by atoms with Crippen LogP contribution in [-0.4, -0.2) is 5.97 Å². The Morgan fingerprint density at radius 1 is 1.60 bits per heavy atom. The quantitative estimate of drug-likeness (QED) is 0.513. The lowest BCUT2D eigenvalue weighted by Gasteiger charge is -2.10. The molecule has 0 N–H and O–H groups in total. The lowest BCUT2D eigenvalue weighted by Crippen LogP contribution is -2.05. The van der Waals surface area contributed by atoms with Gasteiger partial charge in [-0.25, -0.2) is 0 Å². The van der Waals surface area contributed by atoms with Crippen LogP contribution in [0.4, 0.5) is 0 Å². The first-order chi connectivity index (χ1) is 4.79. The van der Waals surface area contributed by atoms with Gasteiger partial charge in [-0.05, 0) is 6.08 Å². The van der Waals surface area contributed by atoms with E-state index in [9.17, 15) is 4.79 Å². The van der Waals surface area contributed by atoms with Gasteiger partial charge in [0.25, 0.3) is 0 Å². The molecule has 0 aromatic heterocycles. The number of esters is 1. The number of carbonyl (C=O) groups is 1. The summed E-state index contributed by atoms with van der Waals surface area (Å²) in [6.45, 7) is 1.40. The van der Waals surface area contributed by atoms with Crippen LogP contribution in [0, 0.1) is 6.10 Å². The Kier molecular flexibility index (Phi) is 2.26. The van der Waals surface area contributed by atoms with E-state index in [4.69, 9.17) is 4.74 Å². The minimum Gasteiger partial charge on any atom is -0.450 e. The molecule has 2 nitrogen and oxygen atoms in total. The van der Waals surface area contributed by atoms with Gasteiger partial charge in [0.15, 0.2) is 6.10 Å². The monoisotopic (exact) mass is 137 g/mol. The molecule has 0 spiro atoms. The summed E-state index contributed by atoms with van der Waals surface area (Å²) in [5.41, 5.74) is 0. The molecule has 2 heteroatoms. The molecule has 0 saturated heterocycles. The van der Waals surface area contributed by atoms with Crippen LogP contribution < -0.4 is 0 Å². The van der Waals surface area contributed by atoms with Gasteiger partial charge < -0.3 is 4.74 Å². The van der Waals surface area contributed by atoms with Crippen molar-refractivity contribution in [3.8, 4) is 0 Å². The van der Waals surface area contributed by atoms with Crippen LogP contribution in [0.5, 0.6) is 0 Å². The molecule has 0 unspecified atom stereocenters.